The van der Waals surface area contributed by atoms with Crippen LogP contribution in [-0.4, -0.2) is 48.9 Å². The van der Waals surface area contributed by atoms with E-state index in [0.717, 1.165) is 29.5 Å². The van der Waals surface area contributed by atoms with Crippen molar-refractivity contribution in [2.24, 2.45) is 5.41 Å². The van der Waals surface area contributed by atoms with Crippen LogP contribution in [0.15, 0.2) is 30.6 Å². The molecule has 0 bridgehead atoms. The van der Waals surface area contributed by atoms with Crippen molar-refractivity contribution in [2.45, 2.75) is 53.6 Å². The Labute approximate surface area is 187 Å². The zero-order chi connectivity index (χ0) is 23.3. The monoisotopic (exact) mass is 439 g/mol. The highest BCUT2D eigenvalue weighted by Gasteiger charge is 2.28. The lowest BCUT2D eigenvalue weighted by Gasteiger charge is -2.19. The number of nitrogens with one attached hydrogen (secondary N) is 1. The van der Waals surface area contributed by atoms with Gasteiger partial charge in [0.2, 0.25) is 5.88 Å². The minimum atomic E-state index is -0.992. The summed E-state index contributed by atoms with van der Waals surface area (Å²) in [5, 5.41) is 16.2. The van der Waals surface area contributed by atoms with Crippen molar-refractivity contribution in [1.29, 1.82) is 0 Å². The summed E-state index contributed by atoms with van der Waals surface area (Å²) in [5.74, 6) is 0.00643. The number of pyridine rings is 2. The standard InChI is InChI=1S/C23H29N5O4/c1-6-16(7-2)32-22-26-20(27-28-22)18-9-8-15(11-24-18)17-12-25-19(10-14(17)3)31-13-23(4,5)21(29)30/h8-12,16H,6-7,13H2,1-5H3,(H,29,30)(H,26,27,28). The molecule has 0 spiro atoms. The maximum Gasteiger partial charge on any atom is 0.336 e. The molecule has 0 saturated carbocycles. The van der Waals surface area contributed by atoms with Gasteiger partial charge in [0, 0.05) is 29.6 Å². The summed E-state index contributed by atoms with van der Waals surface area (Å²) in [4.78, 5) is 24.4. The number of carboxylic acids is 1. The van der Waals surface area contributed by atoms with E-state index in [2.05, 4.69) is 39.0 Å². The second kappa shape index (κ2) is 9.76. The number of carbonyl (C=O) groups is 1. The lowest BCUT2D eigenvalue weighted by Crippen LogP contribution is -2.30. The molecule has 0 aliphatic carbocycles. The molecule has 32 heavy (non-hydrogen) atoms. The molecule has 9 nitrogen and oxygen atoms in total. The van der Waals surface area contributed by atoms with E-state index >= 15 is 0 Å². The molecule has 3 aromatic rings. The van der Waals surface area contributed by atoms with Gasteiger partial charge in [-0.15, -0.1) is 5.10 Å². The fraction of sp³-hybridized carbons (Fsp3) is 0.435. The van der Waals surface area contributed by atoms with Crippen molar-refractivity contribution in [2.75, 3.05) is 6.61 Å². The fourth-order valence-corrected chi connectivity index (χ4v) is 2.94. The van der Waals surface area contributed by atoms with Gasteiger partial charge in [0.05, 0.1) is 5.41 Å². The van der Waals surface area contributed by atoms with Crippen molar-refractivity contribution in [3.63, 3.8) is 0 Å². The number of H-pyrrole nitrogens is 1. The summed E-state index contributed by atoms with van der Waals surface area (Å²) >= 11 is 0. The maximum absolute atomic E-state index is 11.2. The molecule has 9 heteroatoms. The van der Waals surface area contributed by atoms with E-state index in [9.17, 15) is 9.90 Å². The Morgan fingerprint density at radius 1 is 1.19 bits per heavy atom. The quantitative estimate of drug-likeness (QED) is 0.479. The highest BCUT2D eigenvalue weighted by molar-refractivity contribution is 5.73. The molecule has 0 atom stereocenters. The Kier molecular flexibility index (Phi) is 7.07. The molecule has 170 valence electrons. The zero-order valence-corrected chi connectivity index (χ0v) is 19.0. The Bertz CT molecular complexity index is 1060. The molecule has 0 amide bonds. The van der Waals surface area contributed by atoms with Gasteiger partial charge >= 0.3 is 12.0 Å². The van der Waals surface area contributed by atoms with Crippen molar-refractivity contribution in [3.05, 3.63) is 36.2 Å². The summed E-state index contributed by atoms with van der Waals surface area (Å²) in [7, 11) is 0. The molecule has 0 radical (unpaired) electrons. The Morgan fingerprint density at radius 3 is 2.53 bits per heavy atom. The first-order chi connectivity index (χ1) is 15.2. The number of nitrogens with zero attached hydrogens (tertiary/aromatic N) is 4. The van der Waals surface area contributed by atoms with E-state index in [4.69, 9.17) is 9.47 Å². The number of rotatable bonds is 10. The minimum absolute atomic E-state index is 0.0323. The summed E-state index contributed by atoms with van der Waals surface area (Å²) in [6.07, 6.45) is 5.32. The van der Waals surface area contributed by atoms with Crippen LogP contribution in [0.2, 0.25) is 0 Å². The molecule has 0 aromatic carbocycles. The first kappa shape index (κ1) is 23.2. The van der Waals surface area contributed by atoms with Crippen LogP contribution < -0.4 is 9.47 Å². The van der Waals surface area contributed by atoms with Crippen LogP contribution >= 0.6 is 0 Å². The fourth-order valence-electron chi connectivity index (χ4n) is 2.94. The first-order valence-corrected chi connectivity index (χ1v) is 10.6. The third-order valence-electron chi connectivity index (χ3n) is 5.21. The van der Waals surface area contributed by atoms with Gasteiger partial charge in [-0.25, -0.2) is 4.98 Å². The maximum atomic E-state index is 11.2. The minimum Gasteiger partial charge on any atom is -0.481 e. The van der Waals surface area contributed by atoms with Crippen LogP contribution in [0.4, 0.5) is 0 Å². The van der Waals surface area contributed by atoms with Crippen LogP contribution in [-0.2, 0) is 4.79 Å². The van der Waals surface area contributed by atoms with Gasteiger partial charge in [0.15, 0.2) is 5.82 Å². The molecule has 3 rings (SSSR count). The molecule has 3 aromatic heterocycles. The number of aryl methyl sites for hydroxylation is 1. The third-order valence-corrected chi connectivity index (χ3v) is 5.21. The molecule has 2 N–H and O–H groups in total. The largest absolute Gasteiger partial charge is 0.481 e. The zero-order valence-electron chi connectivity index (χ0n) is 19.0. The van der Waals surface area contributed by atoms with Gasteiger partial charge < -0.3 is 14.6 Å². The number of aromatic nitrogens is 5. The number of ether oxygens (including phenoxy) is 2. The average Bonchev–Trinajstić information content (AvgIpc) is 3.25. The SMILES string of the molecule is CCC(CC)Oc1n[nH]c(-c2ccc(-c3cnc(OCC(C)(C)C(=O)O)cc3C)cn2)n1. The molecular formula is C23H29N5O4. The topological polar surface area (TPSA) is 123 Å². The van der Waals surface area contributed by atoms with Gasteiger partial charge in [-0.05, 0) is 45.2 Å². The van der Waals surface area contributed by atoms with Crippen LogP contribution in [0.5, 0.6) is 11.9 Å². The van der Waals surface area contributed by atoms with E-state index in [1.807, 2.05) is 19.1 Å². The number of aromatic amines is 1. The van der Waals surface area contributed by atoms with Crippen molar-refractivity contribution in [1.82, 2.24) is 25.1 Å². The predicted octanol–water partition coefficient (Wildman–Crippen LogP) is 4.29. The summed E-state index contributed by atoms with van der Waals surface area (Å²) in [6, 6.07) is 5.90. The van der Waals surface area contributed by atoms with Crippen molar-refractivity contribution < 1.29 is 19.4 Å². The van der Waals surface area contributed by atoms with Crippen LogP contribution in [0.3, 0.4) is 0 Å². The van der Waals surface area contributed by atoms with E-state index in [1.54, 1.807) is 32.3 Å². The lowest BCUT2D eigenvalue weighted by atomic mass is 9.95. The van der Waals surface area contributed by atoms with Gasteiger partial charge in [-0.2, -0.15) is 4.98 Å². The molecule has 0 saturated heterocycles. The molecule has 0 aliphatic rings. The van der Waals surface area contributed by atoms with E-state index in [0.29, 0.717) is 23.4 Å². The number of hydrogen-bond acceptors (Lipinski definition) is 7. The smallest absolute Gasteiger partial charge is 0.336 e. The van der Waals surface area contributed by atoms with Gasteiger partial charge in [-0.1, -0.05) is 19.9 Å². The molecule has 0 unspecified atom stereocenters. The highest BCUT2D eigenvalue weighted by atomic mass is 16.5. The summed E-state index contributed by atoms with van der Waals surface area (Å²) < 4.78 is 11.3. The van der Waals surface area contributed by atoms with Crippen LogP contribution in [0.1, 0.15) is 46.1 Å². The molecule has 3 heterocycles. The van der Waals surface area contributed by atoms with Gasteiger partial charge in [0.1, 0.15) is 18.4 Å². The third kappa shape index (κ3) is 5.40. The second-order valence-electron chi connectivity index (χ2n) is 8.27. The number of hydrogen-bond donors (Lipinski definition) is 2. The van der Waals surface area contributed by atoms with Gasteiger partial charge in [-0.3, -0.25) is 14.9 Å². The highest BCUT2D eigenvalue weighted by Crippen LogP contribution is 2.27. The first-order valence-electron chi connectivity index (χ1n) is 10.6. The number of aliphatic carboxylic acids is 1. The summed E-state index contributed by atoms with van der Waals surface area (Å²) in [6.45, 7) is 9.32. The summed E-state index contributed by atoms with van der Waals surface area (Å²) in [5.41, 5.74) is 2.40. The Balaban J connectivity index is 1.71. The lowest BCUT2D eigenvalue weighted by molar-refractivity contribution is -0.148. The van der Waals surface area contributed by atoms with Crippen molar-refractivity contribution >= 4 is 5.97 Å². The predicted molar refractivity (Wildman–Crippen MR) is 119 cm³/mol. The van der Waals surface area contributed by atoms with Crippen LogP contribution in [0.25, 0.3) is 22.6 Å². The van der Waals surface area contributed by atoms with Crippen LogP contribution in [0, 0.1) is 12.3 Å². The molecular weight excluding hydrogens is 410 g/mol. The second-order valence-corrected chi connectivity index (χ2v) is 8.27. The van der Waals surface area contributed by atoms with E-state index in [1.165, 1.54) is 0 Å². The average molecular weight is 440 g/mol. The Morgan fingerprint density at radius 2 is 1.94 bits per heavy atom. The normalized spacial score (nSPS) is 11.6. The molecule has 0 aliphatic heterocycles. The van der Waals surface area contributed by atoms with E-state index < -0.39 is 11.4 Å². The Hall–Kier alpha value is -3.49. The number of carboxylic acid groups (broad SMARTS) is 1. The van der Waals surface area contributed by atoms with E-state index in [-0.39, 0.29) is 12.7 Å². The molecule has 0 fully saturated rings. The van der Waals surface area contributed by atoms with Crippen molar-refractivity contribution in [3.8, 4) is 34.5 Å². The van der Waals surface area contributed by atoms with Gasteiger partial charge in [0.25, 0.3) is 0 Å².